The number of halogens is 2. The Hall–Kier alpha value is -1.62. The van der Waals surface area contributed by atoms with Crippen molar-refractivity contribution >= 4 is 30.7 Å². The highest BCUT2D eigenvalue weighted by molar-refractivity contribution is 5.95. The lowest BCUT2D eigenvalue weighted by molar-refractivity contribution is 0.0930. The van der Waals surface area contributed by atoms with Crippen molar-refractivity contribution in [2.75, 3.05) is 13.1 Å². The van der Waals surface area contributed by atoms with Crippen molar-refractivity contribution in [1.29, 1.82) is 0 Å². The van der Waals surface area contributed by atoms with E-state index < -0.39 is 0 Å². The molecule has 4 nitrogen and oxygen atoms in total. The lowest BCUT2D eigenvalue weighted by Gasteiger charge is -2.23. The summed E-state index contributed by atoms with van der Waals surface area (Å²) in [6.07, 6.45) is 5.56. The fourth-order valence-corrected chi connectivity index (χ4v) is 2.71. The highest BCUT2D eigenvalue weighted by Gasteiger charge is 2.16. The Balaban J connectivity index is 0.00000144. The van der Waals surface area contributed by atoms with Crippen LogP contribution in [0.2, 0.25) is 0 Å². The van der Waals surface area contributed by atoms with Crippen LogP contribution in [0.15, 0.2) is 42.7 Å². The Bertz CT molecular complexity index is 656. The number of hydrogen-bond donors (Lipinski definition) is 2. The second kappa shape index (κ2) is 9.62. The molecule has 1 aromatic carbocycles. The number of aromatic nitrogens is 1. The largest absolute Gasteiger partial charge is 0.348 e. The van der Waals surface area contributed by atoms with Crippen LogP contribution in [0.3, 0.4) is 0 Å². The second-order valence-corrected chi connectivity index (χ2v) is 5.85. The molecule has 0 saturated carbocycles. The SMILES string of the molecule is Cc1ccc(-c2cncc(C(=O)NC3CCCNC3)c2)cc1.Cl.Cl. The van der Waals surface area contributed by atoms with E-state index in [4.69, 9.17) is 0 Å². The first-order valence-electron chi connectivity index (χ1n) is 7.76. The predicted octanol–water partition coefficient (Wildman–Crippen LogP) is 3.38. The molecule has 3 rings (SSSR count). The first-order chi connectivity index (χ1) is 10.7. The molecule has 1 aliphatic heterocycles. The van der Waals surface area contributed by atoms with Crippen molar-refractivity contribution in [2.45, 2.75) is 25.8 Å². The zero-order chi connectivity index (χ0) is 15.4. The molecule has 2 heterocycles. The summed E-state index contributed by atoms with van der Waals surface area (Å²) in [5, 5.41) is 6.39. The number of pyridine rings is 1. The van der Waals surface area contributed by atoms with Crippen molar-refractivity contribution < 1.29 is 4.79 Å². The number of piperidine rings is 1. The van der Waals surface area contributed by atoms with E-state index in [9.17, 15) is 4.79 Å². The number of nitrogens with zero attached hydrogens (tertiary/aromatic N) is 1. The van der Waals surface area contributed by atoms with Crippen LogP contribution in [0.1, 0.15) is 28.8 Å². The third-order valence-corrected chi connectivity index (χ3v) is 4.02. The van der Waals surface area contributed by atoms with Gasteiger partial charge in [-0.05, 0) is 37.9 Å². The molecule has 2 aromatic rings. The number of amides is 1. The molecule has 1 atom stereocenters. The van der Waals surface area contributed by atoms with Gasteiger partial charge in [0.25, 0.3) is 5.91 Å². The van der Waals surface area contributed by atoms with E-state index in [1.807, 2.05) is 6.07 Å². The fourth-order valence-electron chi connectivity index (χ4n) is 2.71. The van der Waals surface area contributed by atoms with Crippen LogP contribution in [0, 0.1) is 6.92 Å². The van der Waals surface area contributed by atoms with Gasteiger partial charge in [-0.1, -0.05) is 29.8 Å². The third-order valence-electron chi connectivity index (χ3n) is 4.02. The van der Waals surface area contributed by atoms with E-state index in [-0.39, 0.29) is 36.8 Å². The highest BCUT2D eigenvalue weighted by Crippen LogP contribution is 2.20. The number of nitrogens with one attached hydrogen (secondary N) is 2. The lowest BCUT2D eigenvalue weighted by atomic mass is 10.0. The van der Waals surface area contributed by atoms with Crippen molar-refractivity contribution in [3.8, 4) is 11.1 Å². The van der Waals surface area contributed by atoms with Crippen molar-refractivity contribution in [3.05, 3.63) is 53.9 Å². The lowest BCUT2D eigenvalue weighted by Crippen LogP contribution is -2.45. The maximum absolute atomic E-state index is 12.4. The molecule has 1 fully saturated rings. The zero-order valence-corrected chi connectivity index (χ0v) is 15.3. The van der Waals surface area contributed by atoms with Crippen molar-refractivity contribution in [3.63, 3.8) is 0 Å². The van der Waals surface area contributed by atoms with Gasteiger partial charge in [0.05, 0.1) is 5.56 Å². The average molecular weight is 368 g/mol. The Kier molecular flexibility index (Phi) is 8.19. The van der Waals surface area contributed by atoms with E-state index >= 15 is 0 Å². The van der Waals surface area contributed by atoms with Crippen LogP contribution in [0.4, 0.5) is 0 Å². The highest BCUT2D eigenvalue weighted by atomic mass is 35.5. The fraction of sp³-hybridized carbons (Fsp3) is 0.333. The van der Waals surface area contributed by atoms with Gasteiger partial charge in [-0.2, -0.15) is 0 Å². The van der Waals surface area contributed by atoms with Gasteiger partial charge in [0.1, 0.15) is 0 Å². The summed E-state index contributed by atoms with van der Waals surface area (Å²) in [7, 11) is 0. The first kappa shape index (κ1) is 20.4. The Morgan fingerprint density at radius 3 is 2.58 bits per heavy atom. The molecule has 1 amide bonds. The van der Waals surface area contributed by atoms with Gasteiger partial charge in [-0.3, -0.25) is 9.78 Å². The van der Waals surface area contributed by atoms with Crippen LogP contribution in [-0.4, -0.2) is 30.0 Å². The Labute approximate surface area is 155 Å². The zero-order valence-electron chi connectivity index (χ0n) is 13.6. The van der Waals surface area contributed by atoms with Crippen LogP contribution in [0.5, 0.6) is 0 Å². The number of hydrogen-bond acceptors (Lipinski definition) is 3. The summed E-state index contributed by atoms with van der Waals surface area (Å²) >= 11 is 0. The van der Waals surface area contributed by atoms with Crippen LogP contribution in [0.25, 0.3) is 11.1 Å². The van der Waals surface area contributed by atoms with Crippen molar-refractivity contribution in [2.24, 2.45) is 0 Å². The molecule has 1 unspecified atom stereocenters. The quantitative estimate of drug-likeness (QED) is 0.873. The molecular weight excluding hydrogens is 345 g/mol. The number of benzene rings is 1. The summed E-state index contributed by atoms with van der Waals surface area (Å²) in [6.45, 7) is 3.94. The van der Waals surface area contributed by atoms with Crippen LogP contribution >= 0.6 is 24.8 Å². The van der Waals surface area contributed by atoms with E-state index in [2.05, 4.69) is 46.8 Å². The summed E-state index contributed by atoms with van der Waals surface area (Å²) in [5.41, 5.74) is 3.88. The maximum atomic E-state index is 12.4. The molecule has 2 N–H and O–H groups in total. The van der Waals surface area contributed by atoms with Crippen LogP contribution in [-0.2, 0) is 0 Å². The summed E-state index contributed by atoms with van der Waals surface area (Å²) in [4.78, 5) is 16.6. The van der Waals surface area contributed by atoms with Gasteiger partial charge in [-0.15, -0.1) is 24.8 Å². The number of carbonyl (C=O) groups excluding carboxylic acids is 1. The molecule has 0 radical (unpaired) electrons. The van der Waals surface area contributed by atoms with Gasteiger partial charge in [-0.25, -0.2) is 0 Å². The van der Waals surface area contributed by atoms with E-state index in [1.54, 1.807) is 12.4 Å². The van der Waals surface area contributed by atoms with Crippen molar-refractivity contribution in [1.82, 2.24) is 15.6 Å². The molecule has 1 aromatic heterocycles. The first-order valence-corrected chi connectivity index (χ1v) is 7.76. The molecule has 1 aliphatic rings. The normalized spacial score (nSPS) is 16.5. The smallest absolute Gasteiger partial charge is 0.253 e. The number of rotatable bonds is 3. The van der Waals surface area contributed by atoms with Gasteiger partial charge >= 0.3 is 0 Å². The summed E-state index contributed by atoms with van der Waals surface area (Å²) in [5.74, 6) is -0.0461. The molecule has 130 valence electrons. The molecule has 6 heteroatoms. The standard InChI is InChI=1S/C18H21N3O.2ClH/c1-13-4-6-14(7-5-13)15-9-16(11-20-10-15)18(22)21-17-3-2-8-19-12-17;;/h4-7,9-11,17,19H,2-3,8,12H2,1H3,(H,21,22);2*1H. The van der Waals surface area contributed by atoms with Crippen LogP contribution < -0.4 is 10.6 Å². The number of carbonyl (C=O) groups is 1. The molecule has 24 heavy (non-hydrogen) atoms. The minimum atomic E-state index is -0.0461. The van der Waals surface area contributed by atoms with Gasteiger partial charge in [0.15, 0.2) is 0 Å². The molecule has 0 spiro atoms. The second-order valence-electron chi connectivity index (χ2n) is 5.85. The summed E-state index contributed by atoms with van der Waals surface area (Å²) in [6, 6.07) is 10.4. The predicted molar refractivity (Wildman–Crippen MR) is 102 cm³/mol. The minimum absolute atomic E-state index is 0. The van der Waals surface area contributed by atoms with E-state index in [0.717, 1.165) is 37.1 Å². The Morgan fingerprint density at radius 1 is 1.17 bits per heavy atom. The number of aryl methyl sites for hydroxylation is 1. The molecule has 0 aliphatic carbocycles. The maximum Gasteiger partial charge on any atom is 0.253 e. The van der Waals surface area contributed by atoms with E-state index in [0.29, 0.717) is 5.56 Å². The van der Waals surface area contributed by atoms with Gasteiger partial charge in [0, 0.05) is 30.5 Å². The topological polar surface area (TPSA) is 54.0 Å². The van der Waals surface area contributed by atoms with Gasteiger partial charge < -0.3 is 10.6 Å². The average Bonchev–Trinajstić information content (AvgIpc) is 2.56. The molecule has 0 bridgehead atoms. The summed E-state index contributed by atoms with van der Waals surface area (Å²) < 4.78 is 0. The Morgan fingerprint density at radius 2 is 1.92 bits per heavy atom. The molecular formula is C18H23Cl2N3O. The minimum Gasteiger partial charge on any atom is -0.348 e. The van der Waals surface area contributed by atoms with Gasteiger partial charge in [0.2, 0.25) is 0 Å². The monoisotopic (exact) mass is 367 g/mol. The third kappa shape index (κ3) is 5.20. The molecule has 1 saturated heterocycles. The van der Waals surface area contributed by atoms with E-state index in [1.165, 1.54) is 5.56 Å².